The number of anilines is 3. The quantitative estimate of drug-likeness (QED) is 0.0364. The molecule has 0 spiro atoms. The Bertz CT molecular complexity index is 4150. The van der Waals surface area contributed by atoms with Crippen molar-refractivity contribution in [1.82, 2.24) is 18.9 Å². The van der Waals surface area contributed by atoms with Crippen molar-refractivity contribution in [1.29, 1.82) is 0 Å². The molecular weight excluding hydrogens is 1230 g/mol. The lowest BCUT2D eigenvalue weighted by molar-refractivity contribution is -0.137. The van der Waals surface area contributed by atoms with Gasteiger partial charge in [-0.15, -0.1) is 0 Å². The first-order valence-electron chi connectivity index (χ1n) is 31.7. The number of methoxy groups -OCH3 is 2. The van der Waals surface area contributed by atoms with Gasteiger partial charge in [0.2, 0.25) is 5.91 Å². The minimum Gasteiger partial charge on any atom is -0.493 e. The zero-order valence-electron chi connectivity index (χ0n) is 55.0. The predicted octanol–water partition coefficient (Wildman–Crippen LogP) is 11.4. The molecule has 11 rings (SSSR count). The van der Waals surface area contributed by atoms with Crippen molar-refractivity contribution in [3.8, 4) is 22.6 Å². The van der Waals surface area contributed by atoms with E-state index in [0.29, 0.717) is 101 Å². The van der Waals surface area contributed by atoms with Crippen LogP contribution >= 0.6 is 0 Å². The second-order valence-electron chi connectivity index (χ2n) is 24.1. The van der Waals surface area contributed by atoms with Crippen LogP contribution in [0.3, 0.4) is 0 Å². The van der Waals surface area contributed by atoms with Crippen LogP contribution in [0.25, 0.3) is 11.1 Å². The summed E-state index contributed by atoms with van der Waals surface area (Å²) in [7, 11) is 6.62. The highest BCUT2D eigenvalue weighted by molar-refractivity contribution is 6.07. The third kappa shape index (κ3) is 14.8. The average molecular weight is 1310 g/mol. The van der Waals surface area contributed by atoms with Gasteiger partial charge in [0.05, 0.1) is 64.9 Å². The summed E-state index contributed by atoms with van der Waals surface area (Å²) in [4.78, 5) is 111. The molecule has 0 aliphatic carbocycles. The molecule has 0 bridgehead atoms. The van der Waals surface area contributed by atoms with E-state index in [1.807, 2.05) is 106 Å². The molecule has 2 aromatic heterocycles. The monoisotopic (exact) mass is 1310 g/mol. The number of carbonyl (C=O) groups excluding carboxylic acids is 7. The Morgan fingerprint density at radius 3 is 1.54 bits per heavy atom. The molecule has 6 heterocycles. The molecule has 96 heavy (non-hydrogen) atoms. The van der Waals surface area contributed by atoms with E-state index in [1.165, 1.54) is 43.1 Å². The van der Waals surface area contributed by atoms with E-state index in [0.717, 1.165) is 38.9 Å². The van der Waals surface area contributed by atoms with Gasteiger partial charge in [0, 0.05) is 97.7 Å². The maximum absolute atomic E-state index is 14.3. The van der Waals surface area contributed by atoms with Crippen LogP contribution < -0.4 is 24.6 Å². The molecule has 0 radical (unpaired) electrons. The molecule has 0 saturated carbocycles. The molecule has 0 saturated heterocycles. The molecule has 0 fully saturated rings. The van der Waals surface area contributed by atoms with Gasteiger partial charge in [-0.25, -0.2) is 19.4 Å². The highest BCUT2D eigenvalue weighted by Gasteiger charge is 2.48. The Kier molecular flexibility index (Phi) is 21.5. The third-order valence-electron chi connectivity index (χ3n) is 17.5. The maximum atomic E-state index is 14.3. The first kappa shape index (κ1) is 68.3. The zero-order chi connectivity index (χ0) is 68.5. The van der Waals surface area contributed by atoms with E-state index in [-0.39, 0.29) is 75.0 Å². The molecule has 2 unspecified atom stereocenters. The van der Waals surface area contributed by atoms with E-state index < -0.39 is 42.7 Å². The second kappa shape index (κ2) is 30.2. The summed E-state index contributed by atoms with van der Waals surface area (Å²) in [6.45, 7) is 13.5. The Hall–Kier alpha value is -10.6. The second-order valence-corrected chi connectivity index (χ2v) is 24.1. The Morgan fingerprint density at radius 2 is 1.08 bits per heavy atom. The number of nitrogens with zero attached hydrogens (tertiary/aromatic N) is 6. The number of Topliss-reactive ketones (excluding diaryl/α,β-unsaturated/α-hetero) is 2. The van der Waals surface area contributed by atoms with Gasteiger partial charge in [0.25, 0.3) is 11.8 Å². The Balaban J connectivity index is 0.000000237. The predicted molar refractivity (Wildman–Crippen MR) is 360 cm³/mol. The van der Waals surface area contributed by atoms with Gasteiger partial charge in [-0.1, -0.05) is 98.1 Å². The smallest absolute Gasteiger partial charge is 0.416 e. The summed E-state index contributed by atoms with van der Waals surface area (Å²) in [6, 6.07) is 32.9. The van der Waals surface area contributed by atoms with Crippen molar-refractivity contribution < 1.29 is 71.9 Å². The molecule has 4 aliphatic heterocycles. The van der Waals surface area contributed by atoms with Crippen molar-refractivity contribution in [3.05, 3.63) is 208 Å². The van der Waals surface area contributed by atoms with E-state index in [2.05, 4.69) is 18.5 Å². The highest BCUT2D eigenvalue weighted by atomic mass is 16.6. The van der Waals surface area contributed by atoms with E-state index in [9.17, 15) is 38.4 Å². The number of hydrogen-bond donors (Lipinski definition) is 2. The number of ketones is 2. The van der Waals surface area contributed by atoms with Gasteiger partial charge in [-0.3, -0.25) is 28.8 Å². The topological polar surface area (TPSA) is 247 Å². The number of nitrogens with one attached hydrogen (secondary N) is 1. The number of aliphatic carboxylic acids is 1. The normalized spacial score (nSPS) is 16.7. The zero-order valence-corrected chi connectivity index (χ0v) is 55.0. The first-order valence-corrected chi connectivity index (χ1v) is 31.7. The SMILES string of the molecule is C=CCOC(=O)N1c2cc(OCCCC(=O)Nc3cc(C(=O)Cc4ccc(-c5cc(C(C)=O)n(C)c5)cc4)n(C)c3)c(C)cc2C(=O)N2Cc3ccccc3C[C@H]2C1OC.C=CCOC(=O)N1c2cc(OCCCC(=O)O)c(C)cc2C(=O)N2Cc3ccccc3C[C@H]2C1OC. The van der Waals surface area contributed by atoms with Crippen LogP contribution in [-0.4, -0.2) is 137 Å². The molecule has 5 amide bonds. The molecule has 4 aliphatic rings. The molecule has 22 nitrogen and oxygen atoms in total. The average Bonchev–Trinajstić information content (AvgIpc) is 1.58. The standard InChI is InChI=1S/C47H49N5O8.C27H30N2O7/c1-7-18-60-47(57)52-39-25-43(29(2)20-37(39)45(56)51-27-34-12-9-8-11-33(34)22-41(51)46(52)58-6)59-19-10-13-44(55)48-36-24-40(50(5)28-36)42(54)21-31-14-16-32(17-15-31)35-23-38(30(3)53)49(4)26-35;1-4-11-36-27(33)29-21-15-23(35-12-7-10-24(30)31)17(2)13-20(21)25(32)28-16-19-9-6-5-8-18(19)14-22(28)26(29)34-3/h7-9,11-12,14-17,20,23-26,28,41,46H,1,10,13,18-19,21-22,27H2,2-6H3,(H,48,55);4-6,8-9,13,15,22,26H,1,7,10-12,14,16H2,2-3H3,(H,30,31)/t41-,46?;22-,26?/m00/s1. The lowest BCUT2D eigenvalue weighted by Gasteiger charge is -2.41. The number of carboxylic acids is 1. The van der Waals surface area contributed by atoms with Crippen LogP contribution in [0.15, 0.2) is 147 Å². The van der Waals surface area contributed by atoms with Crippen LogP contribution in [0, 0.1) is 13.8 Å². The number of aryl methyl sites for hydroxylation is 4. The lowest BCUT2D eigenvalue weighted by atomic mass is 9.92. The Labute approximate surface area is 557 Å². The minimum absolute atomic E-state index is 0.00330. The minimum atomic E-state index is -0.903. The first-order chi connectivity index (χ1) is 46.2. The Morgan fingerprint density at radius 1 is 0.604 bits per heavy atom. The van der Waals surface area contributed by atoms with Gasteiger partial charge in [-0.2, -0.15) is 0 Å². The number of hydrogen-bond acceptors (Lipinski definition) is 14. The van der Waals surface area contributed by atoms with Crippen LogP contribution in [0.5, 0.6) is 11.5 Å². The number of amides is 5. The number of rotatable bonds is 22. The maximum Gasteiger partial charge on any atom is 0.416 e. The van der Waals surface area contributed by atoms with Gasteiger partial charge in [0.1, 0.15) is 24.7 Å². The van der Waals surface area contributed by atoms with Gasteiger partial charge >= 0.3 is 18.2 Å². The molecule has 5 aromatic carbocycles. The van der Waals surface area contributed by atoms with Crippen LogP contribution in [0.2, 0.25) is 0 Å². The fourth-order valence-electron chi connectivity index (χ4n) is 12.8. The molecule has 22 heteroatoms. The number of carbonyl (C=O) groups is 8. The van der Waals surface area contributed by atoms with Gasteiger partial charge in [-0.05, 0) is 108 Å². The number of aromatic nitrogens is 2. The third-order valence-corrected chi connectivity index (χ3v) is 17.5. The van der Waals surface area contributed by atoms with Crippen LogP contribution in [0.1, 0.15) is 113 Å². The molecule has 500 valence electrons. The summed E-state index contributed by atoms with van der Waals surface area (Å²) in [5, 5.41) is 11.8. The molecule has 4 atom stereocenters. The van der Waals surface area contributed by atoms with Gasteiger partial charge < -0.3 is 57.8 Å². The fourth-order valence-corrected chi connectivity index (χ4v) is 12.8. The van der Waals surface area contributed by atoms with Crippen molar-refractivity contribution in [3.63, 3.8) is 0 Å². The number of ether oxygens (including phenoxy) is 6. The molecule has 2 N–H and O–H groups in total. The number of fused-ring (bicyclic) bond motifs is 6. The van der Waals surface area contributed by atoms with Crippen LogP contribution in [-0.2, 0) is 75.0 Å². The highest BCUT2D eigenvalue weighted by Crippen LogP contribution is 2.42. The van der Waals surface area contributed by atoms with E-state index in [4.69, 9.17) is 33.5 Å². The van der Waals surface area contributed by atoms with Crippen LogP contribution in [0.4, 0.5) is 26.7 Å². The van der Waals surface area contributed by atoms with E-state index in [1.54, 1.807) is 62.5 Å². The van der Waals surface area contributed by atoms with Gasteiger partial charge in [0.15, 0.2) is 24.0 Å². The molecular formula is C74H79N7O15. The fraction of sp³-hybridized carbons (Fsp3) is 0.324. The van der Waals surface area contributed by atoms with Crippen molar-refractivity contribution >= 4 is 64.5 Å². The lowest BCUT2D eigenvalue weighted by Crippen LogP contribution is -2.56. The summed E-state index contributed by atoms with van der Waals surface area (Å²) >= 11 is 0. The number of benzene rings is 5. The summed E-state index contributed by atoms with van der Waals surface area (Å²) in [6.07, 6.45) is 5.53. The van der Waals surface area contributed by atoms with Crippen molar-refractivity contribution in [2.75, 3.05) is 55.8 Å². The summed E-state index contributed by atoms with van der Waals surface area (Å²) in [5.74, 6) is -0.795. The van der Waals surface area contributed by atoms with E-state index >= 15 is 0 Å². The molecule has 7 aromatic rings. The summed E-state index contributed by atoms with van der Waals surface area (Å²) < 4.78 is 38.3. The van der Waals surface area contributed by atoms with Crippen molar-refractivity contribution in [2.24, 2.45) is 14.1 Å². The number of carboxylic acid groups (broad SMARTS) is 1. The summed E-state index contributed by atoms with van der Waals surface area (Å²) in [5.41, 5.74) is 11.3. The van der Waals surface area contributed by atoms with Crippen molar-refractivity contribution in [2.45, 2.75) is 103 Å². The largest absolute Gasteiger partial charge is 0.493 e.